The van der Waals surface area contributed by atoms with E-state index in [4.69, 9.17) is 9.26 Å². The number of rotatable bonds is 6. The molecule has 8 nitrogen and oxygen atoms in total. The summed E-state index contributed by atoms with van der Waals surface area (Å²) in [5.41, 5.74) is 0.390. The van der Waals surface area contributed by atoms with Crippen LogP contribution in [0.3, 0.4) is 0 Å². The molecular formula is C18H13BrN4O4S. The van der Waals surface area contributed by atoms with Gasteiger partial charge in [-0.25, -0.2) is 4.98 Å². The Bertz CT molecular complexity index is 1190. The van der Waals surface area contributed by atoms with Gasteiger partial charge in [0.2, 0.25) is 5.82 Å². The lowest BCUT2D eigenvalue weighted by Crippen LogP contribution is -2.22. The van der Waals surface area contributed by atoms with Crippen LogP contribution in [0, 0.1) is 0 Å². The average Bonchev–Trinajstić information content (AvgIpc) is 3.38. The van der Waals surface area contributed by atoms with Gasteiger partial charge in [0.25, 0.3) is 11.4 Å². The second-order valence-electron chi connectivity index (χ2n) is 5.80. The van der Waals surface area contributed by atoms with E-state index in [1.54, 1.807) is 12.1 Å². The van der Waals surface area contributed by atoms with E-state index < -0.39 is 5.97 Å². The molecule has 0 amide bonds. The number of carbonyl (C=O) groups excluding carboxylic acids is 1. The number of esters is 1. The highest BCUT2D eigenvalue weighted by Crippen LogP contribution is 2.21. The van der Waals surface area contributed by atoms with E-state index in [0.717, 1.165) is 9.35 Å². The Balaban J connectivity index is 1.35. The van der Waals surface area contributed by atoms with Crippen molar-refractivity contribution >= 4 is 44.1 Å². The van der Waals surface area contributed by atoms with E-state index >= 15 is 0 Å². The first-order valence-corrected chi connectivity index (χ1v) is 9.94. The van der Waals surface area contributed by atoms with Gasteiger partial charge in [-0.2, -0.15) is 4.98 Å². The first-order chi connectivity index (χ1) is 13.6. The molecule has 28 heavy (non-hydrogen) atoms. The molecule has 4 aromatic rings. The summed E-state index contributed by atoms with van der Waals surface area (Å²) in [6.07, 6.45) is 1.45. The third-order valence-electron chi connectivity index (χ3n) is 3.91. The van der Waals surface area contributed by atoms with E-state index in [0.29, 0.717) is 16.7 Å². The molecule has 0 aliphatic heterocycles. The van der Waals surface area contributed by atoms with E-state index in [1.165, 1.54) is 22.2 Å². The van der Waals surface area contributed by atoms with Gasteiger partial charge >= 0.3 is 5.97 Å². The van der Waals surface area contributed by atoms with Crippen LogP contribution in [0.5, 0.6) is 0 Å². The van der Waals surface area contributed by atoms with Crippen LogP contribution in [-0.2, 0) is 22.7 Å². The van der Waals surface area contributed by atoms with Gasteiger partial charge in [-0.1, -0.05) is 27.2 Å². The summed E-state index contributed by atoms with van der Waals surface area (Å²) in [4.78, 5) is 33.8. The maximum atomic E-state index is 12.5. The SMILES string of the molecule is O=C(CCn1cnc2ccc(Br)cc2c1=O)OCc1nc(-c2cccs2)no1. The Kier molecular flexibility index (Phi) is 5.31. The van der Waals surface area contributed by atoms with Gasteiger partial charge < -0.3 is 9.26 Å². The smallest absolute Gasteiger partial charge is 0.308 e. The standard InChI is InChI=1S/C18H13BrN4O4S/c19-11-3-4-13-12(8-11)18(25)23(10-20-13)6-5-16(24)26-9-15-21-17(22-27-15)14-2-1-7-28-14/h1-4,7-8,10H,5-6,9H2. The fourth-order valence-electron chi connectivity index (χ4n) is 2.54. The van der Waals surface area contributed by atoms with Crippen molar-refractivity contribution in [3.05, 3.63) is 62.8 Å². The molecule has 0 saturated carbocycles. The summed E-state index contributed by atoms with van der Waals surface area (Å²) in [6.45, 7) is 0.0480. The fourth-order valence-corrected chi connectivity index (χ4v) is 3.55. The molecule has 0 spiro atoms. The Morgan fingerprint density at radius 2 is 2.21 bits per heavy atom. The molecular weight excluding hydrogens is 448 g/mol. The Labute approximate surface area is 170 Å². The summed E-state index contributed by atoms with van der Waals surface area (Å²) in [7, 11) is 0. The van der Waals surface area contributed by atoms with Gasteiger partial charge in [0.05, 0.1) is 28.5 Å². The predicted octanol–water partition coefficient (Wildman–Crippen LogP) is 3.40. The van der Waals surface area contributed by atoms with E-state index in [1.807, 2.05) is 23.6 Å². The summed E-state index contributed by atoms with van der Waals surface area (Å²) in [6, 6.07) is 9.05. The highest BCUT2D eigenvalue weighted by atomic mass is 79.9. The van der Waals surface area contributed by atoms with E-state index in [-0.39, 0.29) is 31.0 Å². The van der Waals surface area contributed by atoms with Gasteiger partial charge in [-0.05, 0) is 29.6 Å². The summed E-state index contributed by atoms with van der Waals surface area (Å²) in [5.74, 6) is 0.198. The normalized spacial score (nSPS) is 11.0. The lowest BCUT2D eigenvalue weighted by molar-refractivity contribution is -0.146. The average molecular weight is 461 g/mol. The van der Waals surface area contributed by atoms with E-state index in [2.05, 4.69) is 31.1 Å². The second-order valence-corrected chi connectivity index (χ2v) is 7.67. The molecule has 0 bridgehead atoms. The number of hydrogen-bond donors (Lipinski definition) is 0. The quantitative estimate of drug-likeness (QED) is 0.406. The maximum absolute atomic E-state index is 12.5. The Morgan fingerprint density at radius 3 is 3.04 bits per heavy atom. The molecule has 1 aromatic carbocycles. The van der Waals surface area contributed by atoms with E-state index in [9.17, 15) is 9.59 Å². The second kappa shape index (κ2) is 8.03. The van der Waals surface area contributed by atoms with Crippen molar-refractivity contribution in [2.24, 2.45) is 0 Å². The Hall–Kier alpha value is -2.85. The minimum atomic E-state index is -0.475. The lowest BCUT2D eigenvalue weighted by atomic mass is 10.2. The zero-order valence-electron chi connectivity index (χ0n) is 14.4. The number of ether oxygens (including phenoxy) is 1. The molecule has 0 aliphatic rings. The predicted molar refractivity (Wildman–Crippen MR) is 106 cm³/mol. The topological polar surface area (TPSA) is 100 Å². The number of fused-ring (bicyclic) bond motifs is 1. The number of carbonyl (C=O) groups is 1. The van der Waals surface area contributed by atoms with Gasteiger partial charge in [0.1, 0.15) is 0 Å². The van der Waals surface area contributed by atoms with Crippen molar-refractivity contribution in [1.82, 2.24) is 19.7 Å². The van der Waals surface area contributed by atoms with Crippen molar-refractivity contribution in [3.8, 4) is 10.7 Å². The monoisotopic (exact) mass is 460 g/mol. The highest BCUT2D eigenvalue weighted by Gasteiger charge is 2.12. The number of nitrogens with zero attached hydrogens (tertiary/aromatic N) is 4. The van der Waals surface area contributed by atoms with Crippen molar-refractivity contribution in [2.75, 3.05) is 0 Å². The zero-order valence-corrected chi connectivity index (χ0v) is 16.8. The molecule has 0 unspecified atom stereocenters. The fraction of sp³-hybridized carbons (Fsp3) is 0.167. The molecule has 3 heterocycles. The van der Waals surface area contributed by atoms with Gasteiger partial charge in [0.15, 0.2) is 6.61 Å². The van der Waals surface area contributed by atoms with Crippen LogP contribution in [0.25, 0.3) is 21.6 Å². The van der Waals surface area contributed by atoms with Crippen LogP contribution >= 0.6 is 27.3 Å². The molecule has 0 aliphatic carbocycles. The first-order valence-electron chi connectivity index (χ1n) is 8.27. The zero-order chi connectivity index (χ0) is 19.5. The number of aryl methyl sites for hydroxylation is 1. The van der Waals surface area contributed by atoms with Gasteiger partial charge in [-0.15, -0.1) is 11.3 Å². The molecule has 0 atom stereocenters. The van der Waals surface area contributed by atoms with Crippen LogP contribution in [0.2, 0.25) is 0 Å². The van der Waals surface area contributed by atoms with Crippen LogP contribution in [0.4, 0.5) is 0 Å². The van der Waals surface area contributed by atoms with Crippen LogP contribution in [0.15, 0.2) is 55.8 Å². The molecule has 3 aromatic heterocycles. The highest BCUT2D eigenvalue weighted by molar-refractivity contribution is 9.10. The largest absolute Gasteiger partial charge is 0.456 e. The number of benzene rings is 1. The molecule has 0 fully saturated rings. The third-order valence-corrected chi connectivity index (χ3v) is 5.27. The van der Waals surface area contributed by atoms with Crippen molar-refractivity contribution < 1.29 is 14.1 Å². The molecule has 10 heteroatoms. The van der Waals surface area contributed by atoms with Crippen LogP contribution < -0.4 is 5.56 Å². The number of thiophene rings is 1. The minimum Gasteiger partial charge on any atom is -0.456 e. The molecule has 0 N–H and O–H groups in total. The Morgan fingerprint density at radius 1 is 1.32 bits per heavy atom. The van der Waals surface area contributed by atoms with Crippen molar-refractivity contribution in [1.29, 1.82) is 0 Å². The number of hydrogen-bond acceptors (Lipinski definition) is 8. The minimum absolute atomic E-state index is 0.0208. The molecule has 0 radical (unpaired) electrons. The summed E-state index contributed by atoms with van der Waals surface area (Å²) >= 11 is 4.83. The van der Waals surface area contributed by atoms with Gasteiger partial charge in [-0.3, -0.25) is 14.2 Å². The van der Waals surface area contributed by atoms with Gasteiger partial charge in [0, 0.05) is 11.0 Å². The van der Waals surface area contributed by atoms with Crippen molar-refractivity contribution in [3.63, 3.8) is 0 Å². The summed E-state index contributed by atoms with van der Waals surface area (Å²) < 4.78 is 12.4. The van der Waals surface area contributed by atoms with Crippen LogP contribution in [0.1, 0.15) is 12.3 Å². The number of halogens is 1. The van der Waals surface area contributed by atoms with Crippen LogP contribution in [-0.4, -0.2) is 25.7 Å². The molecule has 142 valence electrons. The summed E-state index contributed by atoms with van der Waals surface area (Å²) in [5, 5.41) is 6.25. The van der Waals surface area contributed by atoms with Crippen molar-refractivity contribution in [2.45, 2.75) is 19.6 Å². The molecule has 0 saturated heterocycles. The first kappa shape index (κ1) is 18.5. The lowest BCUT2D eigenvalue weighted by Gasteiger charge is -2.06. The molecule has 4 rings (SSSR count). The maximum Gasteiger partial charge on any atom is 0.308 e. The number of aromatic nitrogens is 4. The third kappa shape index (κ3) is 4.02.